The minimum absolute atomic E-state index is 0.445. The highest BCUT2D eigenvalue weighted by molar-refractivity contribution is 5.90. The van der Waals surface area contributed by atoms with Crippen LogP contribution in [0.1, 0.15) is 13.8 Å². The van der Waals surface area contributed by atoms with Crippen LogP contribution in [-0.4, -0.2) is 11.0 Å². The van der Waals surface area contributed by atoms with E-state index in [1.54, 1.807) is 0 Å². The van der Waals surface area contributed by atoms with Gasteiger partial charge in [-0.25, -0.2) is 0 Å². The summed E-state index contributed by atoms with van der Waals surface area (Å²) in [5.41, 5.74) is 2.20. The molecule has 0 saturated heterocycles. The Morgan fingerprint density at radius 3 is 2.71 bits per heavy atom. The Kier molecular flexibility index (Phi) is 2.35. The van der Waals surface area contributed by atoms with E-state index in [4.69, 9.17) is 0 Å². The summed E-state index contributed by atoms with van der Waals surface area (Å²) in [5.74, 6) is 0. The Labute approximate surface area is 84.0 Å². The molecule has 1 aromatic heterocycles. The Balaban J connectivity index is 2.53. The number of hydrogen-bond donors (Lipinski definition) is 1. The van der Waals surface area contributed by atoms with Crippen LogP contribution in [0.2, 0.25) is 0 Å². The largest absolute Gasteiger partial charge is 0.382 e. The minimum atomic E-state index is 0.445. The molecular weight excluding hydrogens is 172 g/mol. The molecule has 0 radical (unpaired) electrons. The van der Waals surface area contributed by atoms with E-state index >= 15 is 0 Å². The smallest absolute Gasteiger partial charge is 0.0722 e. The zero-order valence-corrected chi connectivity index (χ0v) is 8.49. The molecule has 14 heavy (non-hydrogen) atoms. The van der Waals surface area contributed by atoms with E-state index < -0.39 is 0 Å². The number of fused-ring (bicyclic) bond motifs is 1. The summed E-state index contributed by atoms with van der Waals surface area (Å²) in [6.07, 6.45) is 1.84. The van der Waals surface area contributed by atoms with Crippen molar-refractivity contribution in [2.24, 2.45) is 0 Å². The highest BCUT2D eigenvalue weighted by atomic mass is 14.9. The number of hydrogen-bond acceptors (Lipinski definition) is 2. The van der Waals surface area contributed by atoms with Crippen molar-refractivity contribution in [3.8, 4) is 0 Å². The molecule has 1 aromatic carbocycles. The maximum Gasteiger partial charge on any atom is 0.0722 e. The second-order valence-electron chi connectivity index (χ2n) is 3.67. The molecule has 0 aliphatic carbocycles. The number of nitrogens with zero attached hydrogens (tertiary/aromatic N) is 1. The number of rotatable bonds is 2. The van der Waals surface area contributed by atoms with Gasteiger partial charge >= 0.3 is 0 Å². The molecule has 2 heteroatoms. The van der Waals surface area contributed by atoms with Crippen molar-refractivity contribution in [1.29, 1.82) is 0 Å². The number of anilines is 1. The van der Waals surface area contributed by atoms with Gasteiger partial charge in [0.1, 0.15) is 0 Å². The van der Waals surface area contributed by atoms with E-state index in [9.17, 15) is 0 Å². The second-order valence-corrected chi connectivity index (χ2v) is 3.67. The molecule has 1 N–H and O–H groups in total. The summed E-state index contributed by atoms with van der Waals surface area (Å²) in [6, 6.07) is 10.6. The molecule has 2 nitrogen and oxygen atoms in total. The van der Waals surface area contributed by atoms with Gasteiger partial charge in [0.15, 0.2) is 0 Å². The predicted octanol–water partition coefficient (Wildman–Crippen LogP) is 3.06. The van der Waals surface area contributed by atoms with Crippen LogP contribution in [0.3, 0.4) is 0 Å². The molecule has 0 aliphatic rings. The average Bonchev–Trinajstić information content (AvgIpc) is 2.18. The summed E-state index contributed by atoms with van der Waals surface area (Å²) in [5, 5.41) is 4.59. The van der Waals surface area contributed by atoms with E-state index in [1.165, 1.54) is 5.39 Å². The van der Waals surface area contributed by atoms with Gasteiger partial charge in [-0.3, -0.25) is 4.98 Å². The van der Waals surface area contributed by atoms with Crippen LogP contribution in [0.15, 0.2) is 36.5 Å². The Bertz CT molecular complexity index is 430. The highest BCUT2D eigenvalue weighted by Gasteiger charge is 2.01. The quantitative estimate of drug-likeness (QED) is 0.779. The van der Waals surface area contributed by atoms with Gasteiger partial charge in [0, 0.05) is 23.3 Å². The second kappa shape index (κ2) is 3.66. The summed E-state index contributed by atoms with van der Waals surface area (Å²) in [6.45, 7) is 4.27. The fourth-order valence-electron chi connectivity index (χ4n) is 1.53. The lowest BCUT2D eigenvalue weighted by Gasteiger charge is -2.11. The Morgan fingerprint density at radius 1 is 1.14 bits per heavy atom. The van der Waals surface area contributed by atoms with Gasteiger partial charge in [-0.15, -0.1) is 0 Å². The lowest BCUT2D eigenvalue weighted by molar-refractivity contribution is 0.901. The molecule has 0 aliphatic heterocycles. The topological polar surface area (TPSA) is 24.9 Å². The lowest BCUT2D eigenvalue weighted by atomic mass is 10.2. The highest BCUT2D eigenvalue weighted by Crippen LogP contribution is 2.21. The van der Waals surface area contributed by atoms with E-state index in [2.05, 4.69) is 30.2 Å². The van der Waals surface area contributed by atoms with Crippen molar-refractivity contribution in [3.63, 3.8) is 0 Å². The van der Waals surface area contributed by atoms with Crippen molar-refractivity contribution >= 4 is 16.6 Å². The Hall–Kier alpha value is -1.57. The van der Waals surface area contributed by atoms with Gasteiger partial charge in [-0.05, 0) is 26.0 Å². The van der Waals surface area contributed by atoms with Crippen LogP contribution in [0.25, 0.3) is 10.9 Å². The molecular formula is C12H14N2. The molecule has 0 spiro atoms. The maximum absolute atomic E-state index is 4.31. The first-order valence-electron chi connectivity index (χ1n) is 4.87. The average molecular weight is 186 g/mol. The number of nitrogens with one attached hydrogen (secondary N) is 1. The third-order valence-electron chi connectivity index (χ3n) is 2.09. The monoisotopic (exact) mass is 186 g/mol. The fourth-order valence-corrected chi connectivity index (χ4v) is 1.53. The Morgan fingerprint density at radius 2 is 1.93 bits per heavy atom. The maximum atomic E-state index is 4.31. The third kappa shape index (κ3) is 1.69. The number of benzene rings is 1. The van der Waals surface area contributed by atoms with E-state index in [-0.39, 0.29) is 0 Å². The molecule has 0 bridgehead atoms. The molecule has 0 amide bonds. The van der Waals surface area contributed by atoms with Crippen LogP contribution in [-0.2, 0) is 0 Å². The fraction of sp³-hybridized carbons (Fsp3) is 0.250. The van der Waals surface area contributed by atoms with Crippen molar-refractivity contribution in [1.82, 2.24) is 4.98 Å². The van der Waals surface area contributed by atoms with Crippen LogP contribution < -0.4 is 5.32 Å². The molecule has 2 rings (SSSR count). The van der Waals surface area contributed by atoms with Crippen LogP contribution in [0, 0.1) is 0 Å². The standard InChI is InChI=1S/C12H14N2/c1-9(2)14-12-7-8-13-11-6-4-3-5-10(11)12/h3-9H,1-2H3,(H,13,14). The summed E-state index contributed by atoms with van der Waals surface area (Å²) < 4.78 is 0. The first kappa shape index (κ1) is 9.00. The zero-order chi connectivity index (χ0) is 9.97. The summed E-state index contributed by atoms with van der Waals surface area (Å²) >= 11 is 0. The van der Waals surface area contributed by atoms with Gasteiger partial charge < -0.3 is 5.32 Å². The molecule has 1 heterocycles. The third-order valence-corrected chi connectivity index (χ3v) is 2.09. The van der Waals surface area contributed by atoms with E-state index in [0.29, 0.717) is 6.04 Å². The molecule has 0 saturated carbocycles. The van der Waals surface area contributed by atoms with Crippen molar-refractivity contribution in [3.05, 3.63) is 36.5 Å². The first-order chi connectivity index (χ1) is 6.77. The van der Waals surface area contributed by atoms with E-state index in [1.807, 2.05) is 30.5 Å². The SMILES string of the molecule is CC(C)Nc1ccnc2ccccc12. The molecule has 72 valence electrons. The van der Waals surface area contributed by atoms with Crippen LogP contribution >= 0.6 is 0 Å². The van der Waals surface area contributed by atoms with Crippen LogP contribution in [0.4, 0.5) is 5.69 Å². The van der Waals surface area contributed by atoms with Gasteiger partial charge in [0.25, 0.3) is 0 Å². The zero-order valence-electron chi connectivity index (χ0n) is 8.49. The number of pyridine rings is 1. The molecule has 0 unspecified atom stereocenters. The summed E-state index contributed by atoms with van der Waals surface area (Å²) in [4.78, 5) is 4.31. The van der Waals surface area contributed by atoms with Gasteiger partial charge in [0.2, 0.25) is 0 Å². The van der Waals surface area contributed by atoms with Crippen molar-refractivity contribution in [2.75, 3.05) is 5.32 Å². The first-order valence-corrected chi connectivity index (χ1v) is 4.87. The molecule has 0 atom stereocenters. The summed E-state index contributed by atoms with van der Waals surface area (Å²) in [7, 11) is 0. The molecule has 2 aromatic rings. The van der Waals surface area contributed by atoms with Crippen molar-refractivity contribution in [2.45, 2.75) is 19.9 Å². The van der Waals surface area contributed by atoms with Gasteiger partial charge in [-0.2, -0.15) is 0 Å². The number of aromatic nitrogens is 1. The normalized spacial score (nSPS) is 10.8. The predicted molar refractivity (Wildman–Crippen MR) is 60.5 cm³/mol. The molecule has 0 fully saturated rings. The van der Waals surface area contributed by atoms with Crippen molar-refractivity contribution < 1.29 is 0 Å². The van der Waals surface area contributed by atoms with Crippen LogP contribution in [0.5, 0.6) is 0 Å². The van der Waals surface area contributed by atoms with E-state index in [0.717, 1.165) is 11.2 Å². The number of para-hydroxylation sites is 1. The lowest BCUT2D eigenvalue weighted by Crippen LogP contribution is -2.09. The minimum Gasteiger partial charge on any atom is -0.382 e. The van der Waals surface area contributed by atoms with Gasteiger partial charge in [0.05, 0.1) is 5.52 Å². The van der Waals surface area contributed by atoms with Gasteiger partial charge in [-0.1, -0.05) is 18.2 Å².